The molecule has 0 aliphatic heterocycles. The number of para-hydroxylation sites is 1. The minimum atomic E-state index is -1.41. The van der Waals surface area contributed by atoms with E-state index >= 15 is 0 Å². The first kappa shape index (κ1) is 28.3. The van der Waals surface area contributed by atoms with Crippen LogP contribution in [0.5, 0.6) is 11.5 Å². The minimum absolute atomic E-state index is 0.0109. The van der Waals surface area contributed by atoms with E-state index in [1.807, 2.05) is 6.07 Å². The van der Waals surface area contributed by atoms with Gasteiger partial charge < -0.3 is 19.7 Å². The first-order chi connectivity index (χ1) is 15.6. The molecule has 0 saturated heterocycles. The monoisotopic (exact) mass is 450 g/mol. The number of hydrogen-bond acceptors (Lipinski definition) is 4. The summed E-state index contributed by atoms with van der Waals surface area (Å²) in [6, 6.07) is 5.00. The van der Waals surface area contributed by atoms with Crippen LogP contribution in [-0.4, -0.2) is 29.6 Å². The zero-order chi connectivity index (χ0) is 23.3. The van der Waals surface area contributed by atoms with Gasteiger partial charge >= 0.3 is 6.16 Å². The van der Waals surface area contributed by atoms with E-state index in [0.717, 1.165) is 38.0 Å². The molecule has 1 aromatic carbocycles. The number of carbonyl (C=O) groups is 1. The molecule has 0 spiro atoms. The largest absolute Gasteiger partial charge is 0.511 e. The lowest BCUT2D eigenvalue weighted by Crippen LogP contribution is -2.03. The summed E-state index contributed by atoms with van der Waals surface area (Å²) in [5.74, 6) is -0.0451. The summed E-state index contributed by atoms with van der Waals surface area (Å²) < 4.78 is 10.3. The lowest BCUT2D eigenvalue weighted by Gasteiger charge is -2.08. The number of benzene rings is 1. The Morgan fingerprint density at radius 3 is 1.78 bits per heavy atom. The van der Waals surface area contributed by atoms with E-state index in [1.54, 1.807) is 6.07 Å². The summed E-state index contributed by atoms with van der Waals surface area (Å²) in [6.45, 7) is 4.10. The van der Waals surface area contributed by atoms with Crippen LogP contribution in [0.25, 0.3) is 0 Å². The first-order valence-corrected chi connectivity index (χ1v) is 12.9. The maximum absolute atomic E-state index is 10.6. The Hall–Kier alpha value is -1.75. The number of rotatable bonds is 21. The van der Waals surface area contributed by atoms with E-state index in [0.29, 0.717) is 0 Å². The summed E-state index contributed by atoms with van der Waals surface area (Å²) in [4.78, 5) is 10.6. The van der Waals surface area contributed by atoms with Gasteiger partial charge in [0.2, 0.25) is 0 Å². The highest BCUT2D eigenvalue weighted by molar-refractivity contribution is 5.63. The summed E-state index contributed by atoms with van der Waals surface area (Å²) >= 11 is 0. The smallest absolute Gasteiger partial charge is 0.504 e. The molecule has 184 valence electrons. The average Bonchev–Trinajstić information content (AvgIpc) is 2.77. The number of phenolic OH excluding ortho intramolecular Hbond substituents is 1. The van der Waals surface area contributed by atoms with Gasteiger partial charge in [-0.1, -0.05) is 103 Å². The number of ether oxygens (including phenoxy) is 2. The van der Waals surface area contributed by atoms with Gasteiger partial charge in [0.05, 0.1) is 0 Å². The molecule has 0 fully saturated rings. The van der Waals surface area contributed by atoms with Crippen LogP contribution in [0, 0.1) is 0 Å². The van der Waals surface area contributed by atoms with Gasteiger partial charge in [0.1, 0.15) is 0 Å². The van der Waals surface area contributed by atoms with Crippen molar-refractivity contribution >= 4 is 6.16 Å². The second kappa shape index (κ2) is 19.9. The average molecular weight is 451 g/mol. The molecule has 0 heterocycles. The Labute approximate surface area is 195 Å². The second-order valence-corrected chi connectivity index (χ2v) is 8.80. The molecule has 0 aliphatic carbocycles. The number of unbranched alkanes of at least 4 members (excludes halogenated alkanes) is 14. The van der Waals surface area contributed by atoms with Crippen molar-refractivity contribution in [3.8, 4) is 11.5 Å². The van der Waals surface area contributed by atoms with Crippen LogP contribution in [0.3, 0.4) is 0 Å². The van der Waals surface area contributed by atoms with Crippen molar-refractivity contribution in [3.05, 3.63) is 23.8 Å². The topological polar surface area (TPSA) is 76.0 Å². The molecule has 32 heavy (non-hydrogen) atoms. The Morgan fingerprint density at radius 1 is 0.750 bits per heavy atom. The molecule has 5 nitrogen and oxygen atoms in total. The highest BCUT2D eigenvalue weighted by Crippen LogP contribution is 2.31. The fourth-order valence-electron chi connectivity index (χ4n) is 3.97. The van der Waals surface area contributed by atoms with Crippen molar-refractivity contribution in [2.24, 2.45) is 0 Å². The van der Waals surface area contributed by atoms with Crippen molar-refractivity contribution in [2.45, 2.75) is 116 Å². The van der Waals surface area contributed by atoms with E-state index in [-0.39, 0.29) is 11.5 Å². The number of aryl methyl sites for hydroxylation is 1. The molecule has 0 bridgehead atoms. The lowest BCUT2D eigenvalue weighted by atomic mass is 10.0. The minimum Gasteiger partial charge on any atom is -0.504 e. The molecule has 0 unspecified atom stereocenters. The zero-order valence-electron chi connectivity index (χ0n) is 20.3. The van der Waals surface area contributed by atoms with Crippen molar-refractivity contribution in [2.75, 3.05) is 13.2 Å². The molecule has 0 aliphatic rings. The summed E-state index contributed by atoms with van der Waals surface area (Å²) in [6.07, 6.45) is 19.6. The number of hydrogen-bond donors (Lipinski definition) is 2. The Balaban J connectivity index is 1.86. The van der Waals surface area contributed by atoms with E-state index < -0.39 is 6.16 Å². The van der Waals surface area contributed by atoms with Gasteiger partial charge in [-0.25, -0.2) is 4.79 Å². The van der Waals surface area contributed by atoms with Crippen LogP contribution in [0.1, 0.15) is 115 Å². The van der Waals surface area contributed by atoms with Gasteiger partial charge in [-0.3, -0.25) is 0 Å². The standard InChI is InChI=1S/C27H46O5/c1-2-3-4-5-6-10-13-16-22-31-23-17-14-11-8-7-9-12-15-19-24-20-18-21-25(26(24)28)32-27(29)30/h18,20-21,28H,2-17,19,22-23H2,1H3,(H,29,30). The van der Waals surface area contributed by atoms with E-state index in [4.69, 9.17) is 9.84 Å². The van der Waals surface area contributed by atoms with Crippen LogP contribution in [0.15, 0.2) is 18.2 Å². The number of aromatic hydroxyl groups is 1. The van der Waals surface area contributed by atoms with Gasteiger partial charge in [0.25, 0.3) is 0 Å². The van der Waals surface area contributed by atoms with Gasteiger partial charge in [-0.15, -0.1) is 0 Å². The van der Waals surface area contributed by atoms with Gasteiger partial charge in [0, 0.05) is 13.2 Å². The fourth-order valence-corrected chi connectivity index (χ4v) is 3.97. The van der Waals surface area contributed by atoms with E-state index in [2.05, 4.69) is 11.7 Å². The second-order valence-electron chi connectivity index (χ2n) is 8.80. The predicted molar refractivity (Wildman–Crippen MR) is 131 cm³/mol. The quantitative estimate of drug-likeness (QED) is 0.112. The molecule has 1 rings (SSSR count). The molecule has 0 radical (unpaired) electrons. The van der Waals surface area contributed by atoms with Crippen molar-refractivity contribution in [3.63, 3.8) is 0 Å². The molecular weight excluding hydrogens is 404 g/mol. The van der Waals surface area contributed by atoms with Crippen LogP contribution >= 0.6 is 0 Å². The van der Waals surface area contributed by atoms with Gasteiger partial charge in [0.15, 0.2) is 11.5 Å². The van der Waals surface area contributed by atoms with Crippen molar-refractivity contribution in [1.29, 1.82) is 0 Å². The Morgan fingerprint density at radius 2 is 1.25 bits per heavy atom. The molecule has 0 saturated carbocycles. The maximum atomic E-state index is 10.6. The van der Waals surface area contributed by atoms with Crippen LogP contribution in [0.4, 0.5) is 4.79 Å². The Kier molecular flexibility index (Phi) is 17.6. The van der Waals surface area contributed by atoms with Crippen LogP contribution in [0.2, 0.25) is 0 Å². The van der Waals surface area contributed by atoms with E-state index in [9.17, 15) is 9.90 Å². The molecular formula is C27H46O5. The highest BCUT2D eigenvalue weighted by atomic mass is 16.7. The fraction of sp³-hybridized carbons (Fsp3) is 0.741. The van der Waals surface area contributed by atoms with Crippen molar-refractivity contribution in [1.82, 2.24) is 0 Å². The van der Waals surface area contributed by atoms with Gasteiger partial charge in [-0.2, -0.15) is 0 Å². The van der Waals surface area contributed by atoms with Crippen LogP contribution < -0.4 is 4.74 Å². The summed E-state index contributed by atoms with van der Waals surface area (Å²) in [5, 5.41) is 18.8. The lowest BCUT2D eigenvalue weighted by molar-refractivity contribution is 0.125. The summed E-state index contributed by atoms with van der Waals surface area (Å²) in [7, 11) is 0. The number of carboxylic acid groups (broad SMARTS) is 1. The molecule has 5 heteroatoms. The molecule has 1 aromatic rings. The Bertz CT molecular complexity index is 587. The molecule has 0 aromatic heterocycles. The molecule has 0 amide bonds. The highest BCUT2D eigenvalue weighted by Gasteiger charge is 2.10. The zero-order valence-corrected chi connectivity index (χ0v) is 20.3. The third-order valence-corrected chi connectivity index (χ3v) is 5.91. The SMILES string of the molecule is CCCCCCCCCCOCCCCCCCCCCc1cccc(OC(=O)O)c1O. The molecule has 2 N–H and O–H groups in total. The molecule has 0 atom stereocenters. The van der Waals surface area contributed by atoms with E-state index in [1.165, 1.54) is 96.0 Å². The third kappa shape index (κ3) is 15.1. The van der Waals surface area contributed by atoms with Gasteiger partial charge in [-0.05, 0) is 37.3 Å². The summed E-state index contributed by atoms with van der Waals surface area (Å²) in [5.41, 5.74) is 0.746. The van der Waals surface area contributed by atoms with Crippen LogP contribution in [-0.2, 0) is 11.2 Å². The third-order valence-electron chi connectivity index (χ3n) is 5.91. The first-order valence-electron chi connectivity index (χ1n) is 12.9. The number of phenols is 1. The normalized spacial score (nSPS) is 11.0. The predicted octanol–water partition coefficient (Wildman–Crippen LogP) is 8.27. The maximum Gasteiger partial charge on any atom is 0.511 e. The van der Waals surface area contributed by atoms with Crippen molar-refractivity contribution < 1.29 is 24.5 Å².